The van der Waals surface area contributed by atoms with E-state index in [1.807, 2.05) is 39.8 Å². The molecule has 8 heteroatoms. The molecule has 1 aliphatic heterocycles. The van der Waals surface area contributed by atoms with Crippen molar-refractivity contribution >= 4 is 23.3 Å². The minimum Gasteiger partial charge on any atom is -0.451 e. The number of ether oxygens (including phenoxy) is 3. The Morgan fingerprint density at radius 1 is 1.22 bits per heavy atom. The average Bonchev–Trinajstić information content (AvgIpc) is 3.09. The summed E-state index contributed by atoms with van der Waals surface area (Å²) in [5.41, 5.74) is -0.559. The molecular formula is C29H37NO6S. The van der Waals surface area contributed by atoms with Crippen LogP contribution in [0.3, 0.4) is 0 Å². The van der Waals surface area contributed by atoms with Gasteiger partial charge in [0.05, 0.1) is 23.3 Å². The van der Waals surface area contributed by atoms with Gasteiger partial charge in [0.2, 0.25) is 0 Å². The monoisotopic (exact) mass is 527 g/mol. The number of aliphatic hydroxyl groups is 1. The summed E-state index contributed by atoms with van der Waals surface area (Å²) in [6.45, 7) is 15.9. The number of Topliss-reactive ketones (excluding diaryl/α,β-unsaturated/α-hetero) is 1. The van der Waals surface area contributed by atoms with E-state index in [1.54, 1.807) is 6.92 Å². The second-order valence-electron chi connectivity index (χ2n) is 13.0. The summed E-state index contributed by atoms with van der Waals surface area (Å²) in [6.07, 6.45) is 2.84. The van der Waals surface area contributed by atoms with Crippen LogP contribution in [0.15, 0.2) is 23.3 Å². The molecule has 1 spiro atoms. The van der Waals surface area contributed by atoms with Crippen molar-refractivity contribution in [1.29, 1.82) is 0 Å². The smallest absolute Gasteiger partial charge is 0.341 e. The Morgan fingerprint density at radius 2 is 1.92 bits per heavy atom. The van der Waals surface area contributed by atoms with E-state index in [4.69, 9.17) is 14.2 Å². The van der Waals surface area contributed by atoms with Crippen molar-refractivity contribution in [2.45, 2.75) is 85.4 Å². The van der Waals surface area contributed by atoms with Crippen LogP contribution >= 0.6 is 11.5 Å². The fourth-order valence-corrected chi connectivity index (χ4v) is 8.93. The maximum atomic E-state index is 14.7. The number of fused-ring (bicyclic) bond motifs is 5. The molecule has 5 aliphatic rings. The number of carbonyl (C=O) groups excluding carboxylic acids is 2. The van der Waals surface area contributed by atoms with Gasteiger partial charge in [0, 0.05) is 10.8 Å². The lowest BCUT2D eigenvalue weighted by Crippen LogP contribution is -2.68. The second kappa shape index (κ2) is 7.62. The Balaban J connectivity index is 1.53. The maximum absolute atomic E-state index is 14.7. The van der Waals surface area contributed by atoms with Gasteiger partial charge in [0.25, 0.3) is 0 Å². The summed E-state index contributed by atoms with van der Waals surface area (Å²) < 4.78 is 23.0. The van der Waals surface area contributed by atoms with Crippen LogP contribution in [0.4, 0.5) is 0 Å². The first-order valence-corrected chi connectivity index (χ1v) is 14.1. The van der Waals surface area contributed by atoms with Crippen molar-refractivity contribution in [3.63, 3.8) is 0 Å². The van der Waals surface area contributed by atoms with Crippen LogP contribution in [0, 0.1) is 48.3 Å². The average molecular weight is 528 g/mol. The van der Waals surface area contributed by atoms with Crippen LogP contribution in [0.5, 0.6) is 0 Å². The molecule has 7 nitrogen and oxygen atoms in total. The molecule has 3 fully saturated rings. The van der Waals surface area contributed by atoms with Gasteiger partial charge in [-0.1, -0.05) is 32.9 Å². The van der Waals surface area contributed by atoms with Crippen LogP contribution in [0.1, 0.15) is 68.9 Å². The van der Waals surface area contributed by atoms with Gasteiger partial charge < -0.3 is 19.3 Å². The minimum absolute atomic E-state index is 0.00587. The lowest BCUT2D eigenvalue weighted by molar-refractivity contribution is -0.302. The largest absolute Gasteiger partial charge is 0.451 e. The van der Waals surface area contributed by atoms with E-state index in [0.29, 0.717) is 22.7 Å². The number of esters is 1. The van der Waals surface area contributed by atoms with Crippen molar-refractivity contribution in [3.8, 4) is 0 Å². The predicted molar refractivity (Wildman–Crippen MR) is 138 cm³/mol. The number of allylic oxidation sites excluding steroid dienone is 1. The summed E-state index contributed by atoms with van der Waals surface area (Å²) in [5, 5.41) is 13.0. The minimum atomic E-state index is -1.81. The standard InChI is InChI=1S/C29H37NO6S/c1-13-11-28-14(2)9-19-21(26(19,5)6)18(22(28)31)10-17-12-34-27(7,8)36-24(17)29(28,33)23(13)35-25(32)20-15(3)30-37-16(20)4/h10-11,14,18-19,21,23-24,33H,9,12H2,1-8H3/t14?,18-,19+,21+,23-,24+,28?,29+/m0/s1. The first-order chi connectivity index (χ1) is 17.2. The third-order valence-electron chi connectivity index (χ3n) is 10.1. The van der Waals surface area contributed by atoms with E-state index in [-0.39, 0.29) is 35.6 Å². The van der Waals surface area contributed by atoms with Crippen molar-refractivity contribution < 1.29 is 28.9 Å². The first kappa shape index (κ1) is 25.4. The first-order valence-electron chi connectivity index (χ1n) is 13.3. The summed E-state index contributed by atoms with van der Waals surface area (Å²) in [4.78, 5) is 29.0. The van der Waals surface area contributed by atoms with Gasteiger partial charge >= 0.3 is 5.97 Å². The fourth-order valence-electron chi connectivity index (χ4n) is 8.24. The number of carbonyl (C=O) groups is 2. The van der Waals surface area contributed by atoms with Crippen LogP contribution in [0.2, 0.25) is 0 Å². The summed E-state index contributed by atoms with van der Waals surface area (Å²) in [6, 6.07) is 0. The van der Waals surface area contributed by atoms with E-state index in [0.717, 1.165) is 16.9 Å². The molecule has 8 atom stereocenters. The van der Waals surface area contributed by atoms with Gasteiger partial charge in [0.1, 0.15) is 6.10 Å². The molecule has 2 bridgehead atoms. The highest BCUT2D eigenvalue weighted by atomic mass is 32.1. The topological polar surface area (TPSA) is 95.0 Å². The van der Waals surface area contributed by atoms with Gasteiger partial charge in [-0.05, 0) is 86.9 Å². The van der Waals surface area contributed by atoms with Crippen LogP contribution in [-0.2, 0) is 19.0 Å². The van der Waals surface area contributed by atoms with Gasteiger partial charge in [-0.2, -0.15) is 4.37 Å². The van der Waals surface area contributed by atoms with E-state index in [1.165, 1.54) is 11.5 Å². The zero-order valence-corrected chi connectivity index (χ0v) is 23.7. The van der Waals surface area contributed by atoms with Gasteiger partial charge in [-0.3, -0.25) is 4.79 Å². The lowest BCUT2D eigenvalue weighted by atomic mass is 9.59. The number of hydrogen-bond donors (Lipinski definition) is 1. The molecule has 2 heterocycles. The third-order valence-corrected chi connectivity index (χ3v) is 11.0. The highest BCUT2D eigenvalue weighted by molar-refractivity contribution is 7.06. The highest BCUT2D eigenvalue weighted by Crippen LogP contribution is 2.72. The predicted octanol–water partition coefficient (Wildman–Crippen LogP) is 4.55. The van der Waals surface area contributed by atoms with Gasteiger partial charge in [-0.15, -0.1) is 0 Å². The summed E-state index contributed by atoms with van der Waals surface area (Å²) in [5.74, 6) is -1.45. The van der Waals surface area contributed by atoms with Gasteiger partial charge in [-0.25, -0.2) is 4.79 Å². The molecule has 37 heavy (non-hydrogen) atoms. The molecule has 2 saturated carbocycles. The number of aromatic nitrogens is 1. The molecule has 1 saturated heterocycles. The molecule has 0 amide bonds. The molecule has 4 aliphatic carbocycles. The van der Waals surface area contributed by atoms with Crippen LogP contribution in [0.25, 0.3) is 0 Å². The lowest BCUT2D eigenvalue weighted by Gasteiger charge is -2.52. The van der Waals surface area contributed by atoms with Gasteiger partial charge in [0.15, 0.2) is 23.3 Å². The Kier molecular flexibility index (Phi) is 5.23. The summed E-state index contributed by atoms with van der Waals surface area (Å²) >= 11 is 1.25. The molecule has 1 N–H and O–H groups in total. The molecule has 6 rings (SSSR count). The van der Waals surface area contributed by atoms with Crippen LogP contribution < -0.4 is 0 Å². The number of aryl methyl sites for hydroxylation is 2. The number of nitrogens with zero attached hydrogens (tertiary/aromatic N) is 1. The zero-order valence-electron chi connectivity index (χ0n) is 22.9. The molecule has 1 aromatic rings. The Bertz CT molecular complexity index is 1260. The molecule has 0 aromatic carbocycles. The molecule has 1 aromatic heterocycles. The Labute approximate surface area is 222 Å². The van der Waals surface area contributed by atoms with E-state index in [9.17, 15) is 14.7 Å². The number of hydrogen-bond acceptors (Lipinski definition) is 8. The summed E-state index contributed by atoms with van der Waals surface area (Å²) in [7, 11) is 0. The highest BCUT2D eigenvalue weighted by Gasteiger charge is 2.77. The van der Waals surface area contributed by atoms with Crippen LogP contribution in [-0.4, -0.2) is 51.4 Å². The SMILES string of the molecule is CC1=CC23C(=O)[C@@H](C=C4COC(C)(C)O[C@H]4[C@]2(O)[C@H]1OC(=O)c1c(C)nsc1C)[C@@H]1[C@@H](CC3C)C1(C)C. The second-order valence-corrected chi connectivity index (χ2v) is 14.0. The quantitative estimate of drug-likeness (QED) is 0.445. The van der Waals surface area contributed by atoms with E-state index in [2.05, 4.69) is 25.1 Å². The molecule has 0 radical (unpaired) electrons. The van der Waals surface area contributed by atoms with Crippen molar-refractivity contribution in [2.75, 3.05) is 6.61 Å². The molecule has 2 unspecified atom stereocenters. The fraction of sp³-hybridized carbons (Fsp3) is 0.690. The van der Waals surface area contributed by atoms with E-state index < -0.39 is 35.0 Å². The Hall–Kier alpha value is -1.87. The number of rotatable bonds is 2. The maximum Gasteiger partial charge on any atom is 0.341 e. The molecular weight excluding hydrogens is 490 g/mol. The Morgan fingerprint density at radius 3 is 2.57 bits per heavy atom. The normalized spacial score (nSPS) is 42.9. The van der Waals surface area contributed by atoms with Crippen molar-refractivity contribution in [2.24, 2.45) is 34.5 Å². The molecule has 200 valence electrons. The third kappa shape index (κ3) is 3.13. The van der Waals surface area contributed by atoms with Crippen molar-refractivity contribution in [3.05, 3.63) is 39.4 Å². The van der Waals surface area contributed by atoms with Crippen molar-refractivity contribution in [1.82, 2.24) is 4.37 Å². The number of ketones is 1. The zero-order chi connectivity index (χ0) is 26.9. The van der Waals surface area contributed by atoms with E-state index >= 15 is 0 Å².